The second-order valence-electron chi connectivity index (χ2n) is 6.72. The Morgan fingerprint density at radius 2 is 1.43 bits per heavy atom. The summed E-state index contributed by atoms with van der Waals surface area (Å²) >= 11 is 11.9. The van der Waals surface area contributed by atoms with Crippen molar-refractivity contribution < 1.29 is 14.3 Å². The second-order valence-corrected chi connectivity index (χ2v) is 7.53. The number of hydrogen-bond acceptors (Lipinski definition) is 3. The minimum absolute atomic E-state index is 0.0262. The molecule has 0 spiro atoms. The molecule has 0 radical (unpaired) electrons. The molecule has 1 aliphatic rings. The van der Waals surface area contributed by atoms with Crippen LogP contribution in [0.25, 0.3) is 0 Å². The lowest BCUT2D eigenvalue weighted by atomic mass is 10.1. The highest BCUT2D eigenvalue weighted by Crippen LogP contribution is 2.23. The quantitative estimate of drug-likeness (QED) is 0.743. The average Bonchev–Trinajstić information content (AvgIpc) is 2.71. The molecular weight excluding hydrogens is 399 g/mol. The van der Waals surface area contributed by atoms with Gasteiger partial charge < -0.3 is 14.5 Å². The van der Waals surface area contributed by atoms with Crippen molar-refractivity contribution in [1.29, 1.82) is 0 Å². The summed E-state index contributed by atoms with van der Waals surface area (Å²) in [5.74, 6) is 0.825. The van der Waals surface area contributed by atoms with Gasteiger partial charge in [0.25, 0.3) is 0 Å². The van der Waals surface area contributed by atoms with Gasteiger partial charge in [-0.05, 0) is 35.4 Å². The van der Waals surface area contributed by atoms with Crippen molar-refractivity contribution in [2.75, 3.05) is 33.3 Å². The highest BCUT2D eigenvalue weighted by molar-refractivity contribution is 6.42. The van der Waals surface area contributed by atoms with Gasteiger partial charge in [0.15, 0.2) is 0 Å². The zero-order valence-electron chi connectivity index (χ0n) is 15.7. The fraction of sp³-hybridized carbons (Fsp3) is 0.333. The number of nitrogens with zero attached hydrogens (tertiary/aromatic N) is 2. The largest absolute Gasteiger partial charge is 0.497 e. The van der Waals surface area contributed by atoms with E-state index >= 15 is 0 Å². The van der Waals surface area contributed by atoms with Gasteiger partial charge >= 0.3 is 0 Å². The zero-order chi connectivity index (χ0) is 20.1. The lowest BCUT2D eigenvalue weighted by molar-refractivity contribution is -0.138. The Labute approximate surface area is 174 Å². The number of piperazine rings is 1. The molecule has 1 aliphatic heterocycles. The third-order valence-electron chi connectivity index (χ3n) is 4.81. The van der Waals surface area contributed by atoms with Crippen LogP contribution < -0.4 is 4.74 Å². The van der Waals surface area contributed by atoms with Crippen LogP contribution in [0.3, 0.4) is 0 Å². The number of amides is 2. The summed E-state index contributed by atoms with van der Waals surface area (Å²) in [5.41, 5.74) is 1.75. The maximum atomic E-state index is 12.6. The first-order chi connectivity index (χ1) is 13.5. The molecule has 3 rings (SSSR count). The van der Waals surface area contributed by atoms with Crippen molar-refractivity contribution in [1.82, 2.24) is 9.80 Å². The smallest absolute Gasteiger partial charge is 0.227 e. The molecule has 7 heteroatoms. The maximum Gasteiger partial charge on any atom is 0.227 e. The van der Waals surface area contributed by atoms with Crippen LogP contribution in [-0.2, 0) is 22.4 Å². The van der Waals surface area contributed by atoms with Crippen LogP contribution >= 0.6 is 23.2 Å². The topological polar surface area (TPSA) is 49.9 Å². The Hall–Kier alpha value is -2.24. The van der Waals surface area contributed by atoms with Gasteiger partial charge in [-0.25, -0.2) is 0 Å². The predicted octanol–water partition coefficient (Wildman–Crippen LogP) is 3.46. The molecule has 1 fully saturated rings. The van der Waals surface area contributed by atoms with Gasteiger partial charge in [0.1, 0.15) is 5.75 Å². The summed E-state index contributed by atoms with van der Waals surface area (Å²) in [6.07, 6.45) is 0.600. The number of rotatable bonds is 5. The van der Waals surface area contributed by atoms with Crippen LogP contribution in [0.1, 0.15) is 11.1 Å². The first kappa shape index (κ1) is 20.5. The molecular formula is C21H22Cl2N2O3. The number of carbonyl (C=O) groups excluding carboxylic acids is 2. The number of methoxy groups -OCH3 is 1. The Morgan fingerprint density at radius 3 is 1.96 bits per heavy atom. The SMILES string of the molecule is COc1cccc(CC(=O)N2CCN(C(=O)Cc3ccc(Cl)c(Cl)c3)CC2)c1. The van der Waals surface area contributed by atoms with Crippen LogP contribution in [0.2, 0.25) is 10.0 Å². The minimum atomic E-state index is 0.0262. The van der Waals surface area contributed by atoms with E-state index in [1.807, 2.05) is 29.2 Å². The summed E-state index contributed by atoms with van der Waals surface area (Å²) in [5, 5.41) is 0.918. The summed E-state index contributed by atoms with van der Waals surface area (Å²) in [4.78, 5) is 28.7. The van der Waals surface area contributed by atoms with Crippen LogP contribution in [0.5, 0.6) is 5.75 Å². The van der Waals surface area contributed by atoms with E-state index in [4.69, 9.17) is 27.9 Å². The zero-order valence-corrected chi connectivity index (χ0v) is 17.2. The van der Waals surface area contributed by atoms with Crippen molar-refractivity contribution in [2.45, 2.75) is 12.8 Å². The average molecular weight is 421 g/mol. The second kappa shape index (κ2) is 9.30. The standard InChI is InChI=1S/C21H22Cl2N2O3/c1-28-17-4-2-3-15(11-17)13-20(26)24-7-9-25(10-8-24)21(27)14-16-5-6-18(22)19(23)12-16/h2-6,11-12H,7-10,13-14H2,1H3. The number of hydrogen-bond donors (Lipinski definition) is 0. The van der Waals surface area contributed by atoms with E-state index in [1.165, 1.54) is 0 Å². The van der Waals surface area contributed by atoms with E-state index in [9.17, 15) is 9.59 Å². The molecule has 0 unspecified atom stereocenters. The van der Waals surface area contributed by atoms with E-state index in [0.29, 0.717) is 42.6 Å². The van der Waals surface area contributed by atoms with Gasteiger partial charge in [-0.3, -0.25) is 9.59 Å². The number of halogens is 2. The van der Waals surface area contributed by atoms with Crippen LogP contribution in [0.4, 0.5) is 0 Å². The van der Waals surface area contributed by atoms with E-state index in [-0.39, 0.29) is 18.2 Å². The van der Waals surface area contributed by atoms with Crippen LogP contribution in [0, 0.1) is 0 Å². The highest BCUT2D eigenvalue weighted by atomic mass is 35.5. The van der Waals surface area contributed by atoms with Crippen molar-refractivity contribution in [3.8, 4) is 5.75 Å². The highest BCUT2D eigenvalue weighted by Gasteiger charge is 2.24. The molecule has 2 aromatic rings. The molecule has 28 heavy (non-hydrogen) atoms. The first-order valence-corrected chi connectivity index (χ1v) is 9.84. The normalized spacial score (nSPS) is 14.1. The molecule has 0 bridgehead atoms. The third-order valence-corrected chi connectivity index (χ3v) is 5.55. The summed E-state index contributed by atoms with van der Waals surface area (Å²) in [6, 6.07) is 12.7. The number of benzene rings is 2. The van der Waals surface area contributed by atoms with Gasteiger partial charge in [0.2, 0.25) is 11.8 Å². The number of carbonyl (C=O) groups is 2. The van der Waals surface area contributed by atoms with Crippen molar-refractivity contribution in [3.63, 3.8) is 0 Å². The Morgan fingerprint density at radius 1 is 0.857 bits per heavy atom. The van der Waals surface area contributed by atoms with Crippen molar-refractivity contribution in [3.05, 3.63) is 63.6 Å². The van der Waals surface area contributed by atoms with Gasteiger partial charge in [-0.1, -0.05) is 41.4 Å². The summed E-state index contributed by atoms with van der Waals surface area (Å²) < 4.78 is 5.20. The summed E-state index contributed by atoms with van der Waals surface area (Å²) in [6.45, 7) is 2.14. The van der Waals surface area contributed by atoms with Gasteiger partial charge in [-0.2, -0.15) is 0 Å². The molecule has 1 saturated heterocycles. The van der Waals surface area contributed by atoms with Crippen LogP contribution in [0.15, 0.2) is 42.5 Å². The monoisotopic (exact) mass is 420 g/mol. The fourth-order valence-corrected chi connectivity index (χ4v) is 3.53. The lowest BCUT2D eigenvalue weighted by Gasteiger charge is -2.35. The molecule has 2 amide bonds. The minimum Gasteiger partial charge on any atom is -0.497 e. The van der Waals surface area contributed by atoms with E-state index in [1.54, 1.807) is 30.2 Å². The predicted molar refractivity (Wildman–Crippen MR) is 110 cm³/mol. The first-order valence-electron chi connectivity index (χ1n) is 9.08. The molecule has 148 valence electrons. The summed E-state index contributed by atoms with van der Waals surface area (Å²) in [7, 11) is 1.61. The van der Waals surface area contributed by atoms with Gasteiger partial charge in [-0.15, -0.1) is 0 Å². The number of ether oxygens (including phenoxy) is 1. The Kier molecular flexibility index (Phi) is 6.81. The molecule has 0 aliphatic carbocycles. The lowest BCUT2D eigenvalue weighted by Crippen LogP contribution is -2.51. The maximum absolute atomic E-state index is 12.6. The van der Waals surface area contributed by atoms with Crippen molar-refractivity contribution >= 4 is 35.0 Å². The van der Waals surface area contributed by atoms with Gasteiger partial charge in [0.05, 0.1) is 30.0 Å². The molecule has 5 nitrogen and oxygen atoms in total. The third kappa shape index (κ3) is 5.18. The molecule has 0 aromatic heterocycles. The molecule has 0 saturated carbocycles. The molecule has 2 aromatic carbocycles. The molecule has 0 N–H and O–H groups in total. The Bertz CT molecular complexity index is 864. The van der Waals surface area contributed by atoms with Crippen LogP contribution in [-0.4, -0.2) is 54.9 Å². The van der Waals surface area contributed by atoms with Crippen molar-refractivity contribution in [2.24, 2.45) is 0 Å². The van der Waals surface area contributed by atoms with E-state index in [0.717, 1.165) is 16.9 Å². The molecule has 0 atom stereocenters. The Balaban J connectivity index is 1.51. The fourth-order valence-electron chi connectivity index (χ4n) is 3.21. The van der Waals surface area contributed by atoms with E-state index < -0.39 is 0 Å². The van der Waals surface area contributed by atoms with Gasteiger partial charge in [0, 0.05) is 26.2 Å². The van der Waals surface area contributed by atoms with E-state index in [2.05, 4.69) is 0 Å². The molecule has 1 heterocycles.